The second kappa shape index (κ2) is 9.16. The molecule has 3 aromatic rings. The number of nitro benzene ring substituents is 1. The van der Waals surface area contributed by atoms with Crippen LogP contribution in [0.1, 0.15) is 16.1 Å². The standard InChI is InChI=1S/C18H12Cl2N4O5S/c1-9-14(16(23-29-9)15-10(19)5-4-6-11(15)20)17(25)21-22-18(26)30-13-8-3-2-7-12(13)24(27)28/h2-8H,1H3,(H,21,25)(H,22,26). The average molecular weight is 467 g/mol. The van der Waals surface area contributed by atoms with Crippen molar-refractivity contribution in [2.24, 2.45) is 0 Å². The van der Waals surface area contributed by atoms with Crippen LogP contribution >= 0.6 is 35.0 Å². The fraction of sp³-hybridized carbons (Fsp3) is 0.0556. The Balaban J connectivity index is 1.76. The Labute approximate surface area is 183 Å². The Morgan fingerprint density at radius 1 is 1.10 bits per heavy atom. The van der Waals surface area contributed by atoms with Crippen molar-refractivity contribution in [1.29, 1.82) is 0 Å². The van der Waals surface area contributed by atoms with E-state index in [1.165, 1.54) is 25.1 Å². The van der Waals surface area contributed by atoms with Crippen LogP contribution in [-0.2, 0) is 0 Å². The second-order valence-corrected chi connectivity index (χ2v) is 7.58. The van der Waals surface area contributed by atoms with Crippen LogP contribution in [0.2, 0.25) is 10.0 Å². The first-order valence-corrected chi connectivity index (χ1v) is 9.79. The predicted molar refractivity (Wildman–Crippen MR) is 112 cm³/mol. The average Bonchev–Trinajstić information content (AvgIpc) is 3.07. The van der Waals surface area contributed by atoms with Gasteiger partial charge >= 0.3 is 5.24 Å². The topological polar surface area (TPSA) is 127 Å². The number of rotatable bonds is 4. The third-order valence-corrected chi connectivity index (χ3v) is 5.31. The minimum atomic E-state index is -0.732. The molecule has 12 heteroatoms. The lowest BCUT2D eigenvalue weighted by molar-refractivity contribution is -0.387. The van der Waals surface area contributed by atoms with Gasteiger partial charge in [-0.2, -0.15) is 0 Å². The number of thioether (sulfide) groups is 1. The molecule has 2 N–H and O–H groups in total. The highest BCUT2D eigenvalue weighted by molar-refractivity contribution is 8.13. The van der Waals surface area contributed by atoms with Crippen LogP contribution in [-0.4, -0.2) is 21.2 Å². The van der Waals surface area contributed by atoms with Crippen LogP contribution in [0.3, 0.4) is 0 Å². The minimum Gasteiger partial charge on any atom is -0.360 e. The number of benzene rings is 2. The number of para-hydroxylation sites is 1. The molecule has 3 rings (SSSR count). The van der Waals surface area contributed by atoms with Gasteiger partial charge in [0.25, 0.3) is 11.6 Å². The number of aromatic nitrogens is 1. The number of amides is 2. The molecule has 0 aliphatic rings. The molecule has 1 aromatic heterocycles. The summed E-state index contributed by atoms with van der Waals surface area (Å²) in [5.74, 6) is -0.546. The number of hydrogen-bond acceptors (Lipinski definition) is 7. The van der Waals surface area contributed by atoms with E-state index in [0.29, 0.717) is 17.3 Å². The van der Waals surface area contributed by atoms with E-state index in [-0.39, 0.29) is 37.6 Å². The largest absolute Gasteiger partial charge is 0.360 e. The van der Waals surface area contributed by atoms with Crippen molar-refractivity contribution < 1.29 is 19.0 Å². The highest BCUT2D eigenvalue weighted by Crippen LogP contribution is 2.36. The van der Waals surface area contributed by atoms with Crippen LogP contribution in [0.4, 0.5) is 10.5 Å². The first-order chi connectivity index (χ1) is 14.3. The van der Waals surface area contributed by atoms with Crippen molar-refractivity contribution in [1.82, 2.24) is 16.0 Å². The summed E-state index contributed by atoms with van der Waals surface area (Å²) in [6.45, 7) is 1.51. The van der Waals surface area contributed by atoms with E-state index in [1.807, 2.05) is 0 Å². The van der Waals surface area contributed by atoms with E-state index in [4.69, 9.17) is 27.7 Å². The van der Waals surface area contributed by atoms with E-state index < -0.39 is 16.1 Å². The zero-order valence-electron chi connectivity index (χ0n) is 15.1. The molecule has 0 fully saturated rings. The summed E-state index contributed by atoms with van der Waals surface area (Å²) in [5.41, 5.74) is 4.64. The van der Waals surface area contributed by atoms with Gasteiger partial charge in [0.2, 0.25) is 0 Å². The fourth-order valence-electron chi connectivity index (χ4n) is 2.52. The number of carbonyl (C=O) groups is 2. The molecule has 0 bridgehead atoms. The van der Waals surface area contributed by atoms with Gasteiger partial charge in [0.1, 0.15) is 17.0 Å². The third-order valence-electron chi connectivity index (χ3n) is 3.83. The van der Waals surface area contributed by atoms with Crippen molar-refractivity contribution in [2.45, 2.75) is 11.8 Å². The summed E-state index contributed by atoms with van der Waals surface area (Å²) in [7, 11) is 0. The zero-order valence-corrected chi connectivity index (χ0v) is 17.5. The third kappa shape index (κ3) is 4.56. The number of aryl methyl sites for hydroxylation is 1. The van der Waals surface area contributed by atoms with E-state index in [1.54, 1.807) is 24.3 Å². The van der Waals surface area contributed by atoms with Gasteiger partial charge in [-0.25, -0.2) is 0 Å². The van der Waals surface area contributed by atoms with Gasteiger partial charge in [-0.3, -0.25) is 30.6 Å². The summed E-state index contributed by atoms with van der Waals surface area (Å²) in [6.07, 6.45) is 0. The number of halogens is 2. The molecular formula is C18H12Cl2N4O5S. The Morgan fingerprint density at radius 2 is 1.77 bits per heavy atom. The van der Waals surface area contributed by atoms with Crippen molar-refractivity contribution >= 4 is 51.8 Å². The highest BCUT2D eigenvalue weighted by atomic mass is 35.5. The van der Waals surface area contributed by atoms with Gasteiger partial charge in [-0.1, -0.05) is 46.6 Å². The number of nitrogens with zero attached hydrogens (tertiary/aromatic N) is 2. The minimum absolute atomic E-state index is 0.0287. The molecule has 2 aromatic carbocycles. The van der Waals surface area contributed by atoms with E-state index in [0.717, 1.165) is 0 Å². The molecule has 30 heavy (non-hydrogen) atoms. The Morgan fingerprint density at radius 3 is 2.43 bits per heavy atom. The first-order valence-electron chi connectivity index (χ1n) is 8.21. The van der Waals surface area contributed by atoms with E-state index >= 15 is 0 Å². The summed E-state index contributed by atoms with van der Waals surface area (Å²) >= 11 is 12.9. The Hall–Kier alpha value is -3.08. The maximum absolute atomic E-state index is 12.6. The molecule has 0 aliphatic heterocycles. The van der Waals surface area contributed by atoms with Crippen molar-refractivity contribution in [3.63, 3.8) is 0 Å². The highest BCUT2D eigenvalue weighted by Gasteiger charge is 2.25. The summed E-state index contributed by atoms with van der Waals surface area (Å²) in [4.78, 5) is 35.4. The Bertz CT molecular complexity index is 1130. The molecule has 0 radical (unpaired) electrons. The summed E-state index contributed by atoms with van der Waals surface area (Å²) < 4.78 is 5.10. The Kier molecular flexibility index (Phi) is 6.60. The van der Waals surface area contributed by atoms with Crippen LogP contribution in [0, 0.1) is 17.0 Å². The molecule has 0 spiro atoms. The second-order valence-electron chi connectivity index (χ2n) is 5.75. The lowest BCUT2D eigenvalue weighted by Crippen LogP contribution is -2.40. The van der Waals surface area contributed by atoms with Gasteiger partial charge < -0.3 is 4.52 Å². The van der Waals surface area contributed by atoms with Gasteiger partial charge in [0, 0.05) is 11.6 Å². The van der Waals surface area contributed by atoms with Crippen LogP contribution < -0.4 is 10.9 Å². The number of hydrogen-bond donors (Lipinski definition) is 2. The molecular weight excluding hydrogens is 455 g/mol. The van der Waals surface area contributed by atoms with Gasteiger partial charge in [-0.15, -0.1) is 0 Å². The molecule has 1 heterocycles. The van der Waals surface area contributed by atoms with Crippen molar-refractivity contribution in [3.05, 3.63) is 73.9 Å². The smallest absolute Gasteiger partial charge is 0.302 e. The molecule has 154 valence electrons. The van der Waals surface area contributed by atoms with Gasteiger partial charge in [-0.05, 0) is 36.9 Å². The van der Waals surface area contributed by atoms with Crippen molar-refractivity contribution in [3.8, 4) is 11.3 Å². The molecule has 2 amide bonds. The molecule has 9 nitrogen and oxygen atoms in total. The van der Waals surface area contributed by atoms with Gasteiger partial charge in [0.05, 0.1) is 19.9 Å². The van der Waals surface area contributed by atoms with Crippen LogP contribution in [0.25, 0.3) is 11.3 Å². The molecule has 0 atom stereocenters. The number of hydrazine groups is 1. The fourth-order valence-corrected chi connectivity index (χ4v) is 3.80. The molecule has 0 aliphatic carbocycles. The predicted octanol–water partition coefficient (Wildman–Crippen LogP) is 5.01. The van der Waals surface area contributed by atoms with E-state index in [9.17, 15) is 19.7 Å². The normalized spacial score (nSPS) is 10.5. The summed E-state index contributed by atoms with van der Waals surface area (Å²) in [6, 6.07) is 10.5. The van der Waals surface area contributed by atoms with Crippen LogP contribution in [0.15, 0.2) is 51.9 Å². The van der Waals surface area contributed by atoms with Gasteiger partial charge in [0.15, 0.2) is 0 Å². The molecule has 0 saturated carbocycles. The lowest BCUT2D eigenvalue weighted by atomic mass is 10.1. The number of nitrogens with one attached hydrogen (secondary N) is 2. The maximum Gasteiger partial charge on any atom is 0.302 e. The maximum atomic E-state index is 12.6. The first kappa shape index (κ1) is 21.6. The lowest BCUT2D eigenvalue weighted by Gasteiger charge is -2.09. The SMILES string of the molecule is Cc1onc(-c2c(Cl)cccc2Cl)c1C(=O)NNC(=O)Sc1ccccc1[N+](=O)[O-]. The monoisotopic (exact) mass is 466 g/mol. The molecule has 0 saturated heterocycles. The van der Waals surface area contributed by atoms with Crippen LogP contribution in [0.5, 0.6) is 0 Å². The zero-order chi connectivity index (χ0) is 21.8. The number of nitro groups is 1. The van der Waals surface area contributed by atoms with Crippen molar-refractivity contribution in [2.75, 3.05) is 0 Å². The van der Waals surface area contributed by atoms with E-state index in [2.05, 4.69) is 16.0 Å². The molecule has 0 unspecified atom stereocenters. The quantitative estimate of drug-likeness (QED) is 0.314. The summed E-state index contributed by atoms with van der Waals surface area (Å²) in [5, 5.41) is 14.7. The number of carbonyl (C=O) groups excluding carboxylic acids is 2.